The van der Waals surface area contributed by atoms with E-state index in [0.717, 1.165) is 22.3 Å². The van der Waals surface area contributed by atoms with Crippen LogP contribution >= 0.6 is 11.8 Å². The predicted molar refractivity (Wildman–Crippen MR) is 162 cm³/mol. The average molecular weight is 592 g/mol. The van der Waals surface area contributed by atoms with Crippen molar-refractivity contribution in [2.75, 3.05) is 6.61 Å². The lowest BCUT2D eigenvalue weighted by atomic mass is 9.98. The van der Waals surface area contributed by atoms with Gasteiger partial charge in [-0.1, -0.05) is 61.2 Å². The molecular weight excluding hydrogens is 554 g/mol. The Morgan fingerprint density at radius 3 is 2.12 bits per heavy atom. The van der Waals surface area contributed by atoms with Crippen molar-refractivity contribution in [3.63, 3.8) is 0 Å². The molecule has 0 radical (unpaired) electrons. The molecule has 0 heterocycles. The number of carbonyl (C=O) groups is 2. The van der Waals surface area contributed by atoms with Gasteiger partial charge in [0.1, 0.15) is 11.5 Å². The van der Waals surface area contributed by atoms with Gasteiger partial charge in [0.05, 0.1) is 11.9 Å². The fourth-order valence-corrected chi connectivity index (χ4v) is 5.42. The molecule has 3 aromatic rings. The first kappa shape index (κ1) is 32.9. The standard InChI is InChI=1S/C33H37NO7S/c1-5-26-18-19-28(20-29(26)41-6-2)32(37,38)33(39,40)34-31(36)21-30(22(3)35)42-23(4)27-16-14-25(15-17-27)13-12-24-10-8-7-9-11-24/h7-11,14-20,23,30,37-40H,5-6,21H2,1-4H3,(H,34,36). The Hall–Kier alpha value is -3.65. The van der Waals surface area contributed by atoms with Crippen LogP contribution in [0, 0.1) is 11.8 Å². The second-order valence-electron chi connectivity index (χ2n) is 9.82. The van der Waals surface area contributed by atoms with Crippen LogP contribution in [-0.4, -0.2) is 49.9 Å². The second kappa shape index (κ2) is 14.5. The Balaban J connectivity index is 1.67. The maximum Gasteiger partial charge on any atom is 0.308 e. The van der Waals surface area contributed by atoms with Crippen LogP contribution in [0.2, 0.25) is 0 Å². The number of hydrogen-bond donors (Lipinski definition) is 5. The van der Waals surface area contributed by atoms with Crippen molar-refractivity contribution in [3.8, 4) is 17.6 Å². The molecule has 0 aliphatic heterocycles. The number of nitrogens with one attached hydrogen (secondary N) is 1. The van der Waals surface area contributed by atoms with Crippen LogP contribution in [0.25, 0.3) is 0 Å². The number of aliphatic hydroxyl groups is 4. The van der Waals surface area contributed by atoms with Gasteiger partial charge in [0.15, 0.2) is 0 Å². The highest BCUT2D eigenvalue weighted by Gasteiger charge is 2.51. The van der Waals surface area contributed by atoms with Gasteiger partial charge in [0, 0.05) is 28.4 Å². The summed E-state index contributed by atoms with van der Waals surface area (Å²) in [7, 11) is 0. The van der Waals surface area contributed by atoms with Crippen molar-refractivity contribution in [3.05, 3.63) is 101 Å². The Kier molecular flexibility index (Phi) is 11.3. The van der Waals surface area contributed by atoms with Crippen molar-refractivity contribution < 1.29 is 34.8 Å². The molecule has 42 heavy (non-hydrogen) atoms. The number of benzene rings is 3. The Morgan fingerprint density at radius 2 is 1.55 bits per heavy atom. The summed E-state index contributed by atoms with van der Waals surface area (Å²) in [5, 5.41) is 43.3. The van der Waals surface area contributed by atoms with Crippen molar-refractivity contribution in [1.82, 2.24) is 5.32 Å². The number of hydrogen-bond acceptors (Lipinski definition) is 8. The van der Waals surface area contributed by atoms with Crippen LogP contribution in [-0.2, 0) is 21.8 Å². The molecule has 1 amide bonds. The average Bonchev–Trinajstić information content (AvgIpc) is 2.96. The molecule has 0 aromatic heterocycles. The third-order valence-corrected chi connectivity index (χ3v) is 8.16. The van der Waals surface area contributed by atoms with Crippen molar-refractivity contribution in [2.45, 2.75) is 62.7 Å². The zero-order chi connectivity index (χ0) is 30.9. The van der Waals surface area contributed by atoms with Crippen LogP contribution in [0.4, 0.5) is 0 Å². The molecule has 2 atom stereocenters. The summed E-state index contributed by atoms with van der Waals surface area (Å²) in [4.78, 5) is 25.2. The van der Waals surface area contributed by atoms with Gasteiger partial charge >= 0.3 is 5.91 Å². The number of amides is 1. The number of ketones is 1. The first-order valence-electron chi connectivity index (χ1n) is 13.7. The maximum atomic E-state index is 12.8. The fraction of sp³-hybridized carbons (Fsp3) is 0.333. The monoisotopic (exact) mass is 591 g/mol. The summed E-state index contributed by atoms with van der Waals surface area (Å²) in [6, 6.07) is 21.4. The van der Waals surface area contributed by atoms with E-state index in [1.54, 1.807) is 13.0 Å². The molecule has 0 bridgehead atoms. The topological polar surface area (TPSA) is 136 Å². The number of rotatable bonds is 12. The highest BCUT2D eigenvalue weighted by Crippen LogP contribution is 2.35. The van der Waals surface area contributed by atoms with Gasteiger partial charge < -0.3 is 30.5 Å². The van der Waals surface area contributed by atoms with E-state index in [1.165, 1.54) is 30.8 Å². The normalized spacial score (nSPS) is 13.0. The molecule has 9 heteroatoms. The van der Waals surface area contributed by atoms with E-state index in [1.807, 2.05) is 73.8 Å². The SMILES string of the molecule is CCOc1cc(C(O)(O)C(O)(O)NC(=O)CC(SC(C)c2ccc(C#Cc3ccccc3)cc2)C(C)=O)ccc1CC. The number of Topliss-reactive ketones (excluding diaryl/α,β-unsaturated/α-hetero) is 1. The molecule has 2 unspecified atom stereocenters. The molecule has 0 spiro atoms. The third-order valence-electron chi connectivity index (χ3n) is 6.65. The number of ether oxygens (including phenoxy) is 1. The lowest BCUT2D eigenvalue weighted by molar-refractivity contribution is -0.375. The lowest BCUT2D eigenvalue weighted by Crippen LogP contribution is -2.63. The van der Waals surface area contributed by atoms with Crippen LogP contribution in [0.3, 0.4) is 0 Å². The minimum Gasteiger partial charge on any atom is -0.494 e. The van der Waals surface area contributed by atoms with Gasteiger partial charge in [-0.25, -0.2) is 0 Å². The molecule has 0 saturated carbocycles. The Labute approximate surface area is 250 Å². The first-order chi connectivity index (χ1) is 19.9. The van der Waals surface area contributed by atoms with E-state index >= 15 is 0 Å². The molecule has 0 saturated heterocycles. The molecule has 5 N–H and O–H groups in total. The molecule has 0 fully saturated rings. The minimum atomic E-state index is -3.46. The first-order valence-corrected chi connectivity index (χ1v) is 14.6. The zero-order valence-corrected chi connectivity index (χ0v) is 24.9. The van der Waals surface area contributed by atoms with Gasteiger partial charge in [-0.2, -0.15) is 0 Å². The number of aryl methyl sites for hydroxylation is 1. The highest BCUT2D eigenvalue weighted by molar-refractivity contribution is 8.00. The molecular formula is C33H37NO7S. The zero-order valence-electron chi connectivity index (χ0n) is 24.1. The van der Waals surface area contributed by atoms with E-state index in [0.29, 0.717) is 18.8 Å². The summed E-state index contributed by atoms with van der Waals surface area (Å²) in [5.74, 6) is -1.41. The number of thioether (sulfide) groups is 1. The molecule has 222 valence electrons. The van der Waals surface area contributed by atoms with Gasteiger partial charge in [-0.3, -0.25) is 9.59 Å². The minimum absolute atomic E-state index is 0.181. The van der Waals surface area contributed by atoms with Crippen LogP contribution in [0.5, 0.6) is 5.75 Å². The summed E-state index contributed by atoms with van der Waals surface area (Å²) in [5.41, 5.74) is 3.15. The summed E-state index contributed by atoms with van der Waals surface area (Å²) in [6.07, 6.45) is 0.192. The van der Waals surface area contributed by atoms with Crippen molar-refractivity contribution in [2.24, 2.45) is 0 Å². The quantitative estimate of drug-likeness (QED) is 0.159. The Morgan fingerprint density at radius 1 is 0.929 bits per heavy atom. The highest BCUT2D eigenvalue weighted by atomic mass is 32.2. The smallest absolute Gasteiger partial charge is 0.308 e. The summed E-state index contributed by atoms with van der Waals surface area (Å²) < 4.78 is 5.53. The van der Waals surface area contributed by atoms with E-state index in [4.69, 9.17) is 4.74 Å². The predicted octanol–water partition coefficient (Wildman–Crippen LogP) is 3.78. The van der Waals surface area contributed by atoms with Gasteiger partial charge in [-0.15, -0.1) is 11.8 Å². The van der Waals surface area contributed by atoms with Crippen LogP contribution in [0.1, 0.15) is 67.2 Å². The van der Waals surface area contributed by atoms with E-state index in [2.05, 4.69) is 11.8 Å². The van der Waals surface area contributed by atoms with E-state index < -0.39 is 29.3 Å². The molecule has 3 rings (SSSR count). The Bertz CT molecular complexity index is 1430. The molecule has 8 nitrogen and oxygen atoms in total. The van der Waals surface area contributed by atoms with Gasteiger partial charge in [0.2, 0.25) is 5.91 Å². The van der Waals surface area contributed by atoms with Gasteiger partial charge in [-0.05, 0) is 68.7 Å². The van der Waals surface area contributed by atoms with Crippen LogP contribution < -0.4 is 10.1 Å². The summed E-state index contributed by atoms with van der Waals surface area (Å²) >= 11 is 1.24. The van der Waals surface area contributed by atoms with Gasteiger partial charge in [0.25, 0.3) is 5.79 Å². The second-order valence-corrected chi connectivity index (χ2v) is 11.4. The molecule has 0 aliphatic carbocycles. The van der Waals surface area contributed by atoms with Crippen molar-refractivity contribution in [1.29, 1.82) is 0 Å². The van der Waals surface area contributed by atoms with Crippen molar-refractivity contribution >= 4 is 23.5 Å². The lowest BCUT2D eigenvalue weighted by Gasteiger charge is -2.35. The van der Waals surface area contributed by atoms with Crippen LogP contribution in [0.15, 0.2) is 72.8 Å². The summed E-state index contributed by atoms with van der Waals surface area (Å²) in [6.45, 7) is 7.22. The van der Waals surface area contributed by atoms with E-state index in [-0.39, 0.29) is 16.6 Å². The maximum absolute atomic E-state index is 12.8. The molecule has 3 aromatic carbocycles. The van der Waals surface area contributed by atoms with E-state index in [9.17, 15) is 30.0 Å². The number of carbonyl (C=O) groups excluding carboxylic acids is 2. The molecule has 0 aliphatic rings. The largest absolute Gasteiger partial charge is 0.494 e. The third kappa shape index (κ3) is 8.44. The fourth-order valence-electron chi connectivity index (χ4n) is 4.17.